The van der Waals surface area contributed by atoms with Crippen LogP contribution in [-0.2, 0) is 20.2 Å². The Labute approximate surface area is 176 Å². The van der Waals surface area contributed by atoms with E-state index in [1.54, 1.807) is 4.31 Å². The van der Waals surface area contributed by atoms with Crippen LogP contribution >= 0.6 is 0 Å². The van der Waals surface area contributed by atoms with Gasteiger partial charge >= 0.3 is 0 Å². The molecule has 1 saturated heterocycles. The zero-order chi connectivity index (χ0) is 22.0. The van der Waals surface area contributed by atoms with Gasteiger partial charge in [-0.25, -0.2) is 8.42 Å². The third kappa shape index (κ3) is 6.25. The van der Waals surface area contributed by atoms with Gasteiger partial charge in [0.2, 0.25) is 10.0 Å². The summed E-state index contributed by atoms with van der Waals surface area (Å²) in [6, 6.07) is 4.00. The summed E-state index contributed by atoms with van der Waals surface area (Å²) >= 11 is 0. The van der Waals surface area contributed by atoms with Gasteiger partial charge in [0.25, 0.3) is 0 Å². The van der Waals surface area contributed by atoms with E-state index in [9.17, 15) is 13.5 Å². The molecule has 166 valence electrons. The van der Waals surface area contributed by atoms with Gasteiger partial charge in [-0.2, -0.15) is 4.31 Å². The van der Waals surface area contributed by atoms with E-state index < -0.39 is 16.1 Å². The van der Waals surface area contributed by atoms with Crippen molar-refractivity contribution in [3.05, 3.63) is 28.8 Å². The molecule has 0 aliphatic carbocycles. The lowest BCUT2D eigenvalue weighted by Gasteiger charge is -2.35. The average molecular weight is 427 g/mol. The Bertz CT molecular complexity index is 769. The smallest absolute Gasteiger partial charge is 0.243 e. The fourth-order valence-corrected chi connectivity index (χ4v) is 5.56. The molecule has 2 rings (SSSR count). The summed E-state index contributed by atoms with van der Waals surface area (Å²) in [7, 11) is -3.54. The molecule has 6 nitrogen and oxygen atoms in total. The van der Waals surface area contributed by atoms with Crippen molar-refractivity contribution in [2.45, 2.75) is 71.0 Å². The summed E-state index contributed by atoms with van der Waals surface area (Å²) in [5.41, 5.74) is 2.73. The number of β-amino-alcohol motifs (C(OH)–C–C–N with tert-alkyl or cyclic N) is 1. The predicted octanol–water partition coefficient (Wildman–Crippen LogP) is 2.69. The molecule has 0 aromatic heterocycles. The van der Waals surface area contributed by atoms with Gasteiger partial charge in [0.15, 0.2) is 0 Å². The number of benzene rings is 1. The Kier molecular flexibility index (Phi) is 7.90. The first-order valence-electron chi connectivity index (χ1n) is 10.5. The van der Waals surface area contributed by atoms with Crippen molar-refractivity contribution in [2.24, 2.45) is 0 Å². The molecule has 0 bridgehead atoms. The Morgan fingerprint density at radius 3 is 2.03 bits per heavy atom. The molecule has 7 heteroatoms. The highest BCUT2D eigenvalue weighted by Crippen LogP contribution is 2.31. The van der Waals surface area contributed by atoms with Crippen LogP contribution in [0.1, 0.15) is 51.3 Å². The summed E-state index contributed by atoms with van der Waals surface area (Å²) in [6.45, 7) is 16.9. The largest absolute Gasteiger partial charge is 0.389 e. The Balaban J connectivity index is 2.07. The van der Waals surface area contributed by atoms with Crippen molar-refractivity contribution >= 4 is 10.0 Å². The van der Waals surface area contributed by atoms with E-state index >= 15 is 0 Å². The molecule has 0 spiro atoms. The first kappa shape index (κ1) is 24.3. The van der Waals surface area contributed by atoms with Crippen LogP contribution in [0.3, 0.4) is 0 Å². The normalized spacial score (nSPS) is 18.4. The molecule has 1 fully saturated rings. The van der Waals surface area contributed by atoms with Crippen molar-refractivity contribution in [1.29, 1.82) is 0 Å². The monoisotopic (exact) mass is 426 g/mol. The van der Waals surface area contributed by atoms with E-state index in [1.165, 1.54) is 0 Å². The second-order valence-electron chi connectivity index (χ2n) is 9.43. The number of hydrogen-bond donors (Lipinski definition) is 1. The number of aryl methyl sites for hydroxylation is 2. The molecule has 0 amide bonds. The van der Waals surface area contributed by atoms with Gasteiger partial charge in [-0.15, -0.1) is 0 Å². The van der Waals surface area contributed by atoms with E-state index in [1.807, 2.05) is 39.8 Å². The minimum Gasteiger partial charge on any atom is -0.389 e. The van der Waals surface area contributed by atoms with Gasteiger partial charge in [-0.1, -0.05) is 32.9 Å². The van der Waals surface area contributed by atoms with E-state index in [4.69, 9.17) is 4.74 Å². The van der Waals surface area contributed by atoms with Crippen molar-refractivity contribution in [3.63, 3.8) is 0 Å². The molecule has 1 aromatic rings. The van der Waals surface area contributed by atoms with E-state index in [0.717, 1.165) is 16.7 Å². The molecule has 1 aliphatic rings. The third-order valence-corrected chi connectivity index (χ3v) is 7.55. The van der Waals surface area contributed by atoms with Crippen LogP contribution in [0.2, 0.25) is 0 Å². The first-order chi connectivity index (χ1) is 13.3. The zero-order valence-corrected chi connectivity index (χ0v) is 19.8. The van der Waals surface area contributed by atoms with Crippen LogP contribution in [0.4, 0.5) is 0 Å². The van der Waals surface area contributed by atoms with Gasteiger partial charge in [0.05, 0.1) is 23.7 Å². The van der Waals surface area contributed by atoms with Gasteiger partial charge in [0.1, 0.15) is 0 Å². The highest BCUT2D eigenvalue weighted by atomic mass is 32.2. The van der Waals surface area contributed by atoms with Gasteiger partial charge in [-0.05, 0) is 49.8 Å². The van der Waals surface area contributed by atoms with Gasteiger partial charge in [-0.3, -0.25) is 4.90 Å². The molecular formula is C22H38N2O4S. The van der Waals surface area contributed by atoms with Crippen molar-refractivity contribution in [2.75, 3.05) is 39.3 Å². The maximum absolute atomic E-state index is 13.3. The van der Waals surface area contributed by atoms with E-state index in [-0.39, 0.29) is 11.5 Å². The summed E-state index contributed by atoms with van der Waals surface area (Å²) < 4.78 is 33.7. The third-order valence-electron chi connectivity index (χ3n) is 5.35. The Morgan fingerprint density at radius 1 is 1.07 bits per heavy atom. The van der Waals surface area contributed by atoms with E-state index in [2.05, 4.69) is 25.7 Å². The Morgan fingerprint density at radius 2 is 1.59 bits per heavy atom. The quantitative estimate of drug-likeness (QED) is 0.726. The maximum Gasteiger partial charge on any atom is 0.243 e. The van der Waals surface area contributed by atoms with E-state index in [0.29, 0.717) is 44.2 Å². The molecule has 29 heavy (non-hydrogen) atoms. The van der Waals surface area contributed by atoms with Crippen LogP contribution in [0.15, 0.2) is 17.0 Å². The predicted molar refractivity (Wildman–Crippen MR) is 117 cm³/mol. The summed E-state index contributed by atoms with van der Waals surface area (Å²) in [5, 5.41) is 10.1. The molecular weight excluding hydrogens is 388 g/mol. The number of piperazine rings is 1. The summed E-state index contributed by atoms with van der Waals surface area (Å²) in [6.07, 6.45) is -0.474. The van der Waals surface area contributed by atoms with Crippen LogP contribution in [0.5, 0.6) is 0 Å². The first-order valence-corrected chi connectivity index (χ1v) is 11.9. The lowest BCUT2D eigenvalue weighted by molar-refractivity contribution is -0.0117. The molecule has 0 radical (unpaired) electrons. The summed E-state index contributed by atoms with van der Waals surface area (Å²) in [4.78, 5) is 2.53. The standard InChI is InChI=1S/C22H38N2O4S/c1-16(2)28-15-20(25)14-23-8-10-24(11-9-23)29(26,27)21-17(3)12-19(13-18(21)4)22(5,6)7/h12-13,16,20,25H,8-11,14-15H2,1-7H3. The minimum atomic E-state index is -3.54. The molecule has 1 atom stereocenters. The maximum atomic E-state index is 13.3. The topological polar surface area (TPSA) is 70.1 Å². The van der Waals surface area contributed by atoms with Gasteiger partial charge < -0.3 is 9.84 Å². The second kappa shape index (κ2) is 9.43. The van der Waals surface area contributed by atoms with Crippen LogP contribution in [0, 0.1) is 13.8 Å². The SMILES string of the molecule is Cc1cc(C(C)(C)C)cc(C)c1S(=O)(=O)N1CCN(CC(O)COC(C)C)CC1. The highest BCUT2D eigenvalue weighted by Gasteiger charge is 2.32. The molecule has 1 N–H and O–H groups in total. The lowest BCUT2D eigenvalue weighted by Crippen LogP contribution is -2.51. The average Bonchev–Trinajstić information content (AvgIpc) is 2.59. The Hall–Kier alpha value is -0.990. The molecule has 1 unspecified atom stereocenters. The van der Waals surface area contributed by atoms with Crippen LogP contribution < -0.4 is 0 Å². The molecule has 1 heterocycles. The summed E-state index contributed by atoms with van der Waals surface area (Å²) in [5.74, 6) is 0. The lowest BCUT2D eigenvalue weighted by atomic mass is 9.85. The fourth-order valence-electron chi connectivity index (χ4n) is 3.73. The second-order valence-corrected chi connectivity index (χ2v) is 11.3. The number of hydrogen-bond acceptors (Lipinski definition) is 5. The highest BCUT2D eigenvalue weighted by molar-refractivity contribution is 7.89. The number of aliphatic hydroxyl groups is 1. The minimum absolute atomic E-state index is 0.0242. The van der Waals surface area contributed by atoms with Crippen molar-refractivity contribution in [3.8, 4) is 0 Å². The molecule has 1 aromatic carbocycles. The van der Waals surface area contributed by atoms with Crippen LogP contribution in [0.25, 0.3) is 0 Å². The van der Waals surface area contributed by atoms with Gasteiger partial charge in [0, 0.05) is 32.7 Å². The molecule has 1 aliphatic heterocycles. The van der Waals surface area contributed by atoms with Crippen molar-refractivity contribution < 1.29 is 18.3 Å². The zero-order valence-electron chi connectivity index (χ0n) is 19.0. The van der Waals surface area contributed by atoms with Crippen molar-refractivity contribution in [1.82, 2.24) is 9.21 Å². The number of ether oxygens (including phenoxy) is 1. The number of rotatable bonds is 7. The number of nitrogens with zero attached hydrogens (tertiary/aromatic N) is 2. The number of aliphatic hydroxyl groups excluding tert-OH is 1. The molecule has 0 saturated carbocycles. The fraction of sp³-hybridized carbons (Fsp3) is 0.727. The van der Waals surface area contributed by atoms with Crippen LogP contribution in [-0.4, -0.2) is 74.3 Å². The number of sulfonamides is 1.